The van der Waals surface area contributed by atoms with E-state index in [-0.39, 0.29) is 12.8 Å². The molecule has 0 spiro atoms. The molecule has 0 radical (unpaired) electrons. The molecule has 11 heteroatoms. The summed E-state index contributed by atoms with van der Waals surface area (Å²) in [5, 5.41) is 76.2. The van der Waals surface area contributed by atoms with Gasteiger partial charge in [-0.15, -0.1) is 0 Å². The van der Waals surface area contributed by atoms with E-state index in [2.05, 4.69) is 31.3 Å². The third-order valence-electron chi connectivity index (χ3n) is 15.1. The maximum absolute atomic E-state index is 13.2. The second-order valence-electron chi connectivity index (χ2n) is 21.8. The molecule has 1 aliphatic rings. The molecular formula is C60H117NO10. The van der Waals surface area contributed by atoms with Gasteiger partial charge in [0.05, 0.1) is 25.4 Å². The molecule has 9 unspecified atom stereocenters. The number of hydrogen-bond donors (Lipinski definition) is 8. The number of unbranched alkanes of at least 4 members (excludes halogenated alkanes) is 39. The van der Waals surface area contributed by atoms with Crippen LogP contribution in [0.1, 0.15) is 296 Å². The first-order valence-electron chi connectivity index (χ1n) is 30.6. The van der Waals surface area contributed by atoms with Crippen molar-refractivity contribution in [3.63, 3.8) is 0 Å². The Morgan fingerprint density at radius 3 is 1.21 bits per heavy atom. The number of aliphatic hydroxyl groups excluding tert-OH is 7. The smallest absolute Gasteiger partial charge is 0.249 e. The Hall–Kier alpha value is -1.15. The van der Waals surface area contributed by atoms with Gasteiger partial charge in [-0.2, -0.15) is 0 Å². The second-order valence-corrected chi connectivity index (χ2v) is 21.8. The third-order valence-corrected chi connectivity index (χ3v) is 15.1. The lowest BCUT2D eigenvalue weighted by Crippen LogP contribution is -2.60. The maximum Gasteiger partial charge on any atom is 0.249 e. The van der Waals surface area contributed by atoms with Gasteiger partial charge < -0.3 is 50.5 Å². The standard InChI is InChI=1S/C60H117NO10/c1-3-5-7-9-11-13-15-17-19-21-23-24-25-26-27-28-30-32-34-36-38-40-42-44-46-48-53(64)59(69)61-51(50-70-60-58(68)57(67)56(66)54(49-62)71-60)55(65)52(63)47-45-43-41-39-37-35-33-31-29-22-20-18-16-14-12-10-8-6-4-2/h39,41,51-58,60,62-68H,3-38,40,42-50H2,1-2H3,(H,61,69)/b41-39+. The van der Waals surface area contributed by atoms with Gasteiger partial charge in [0.1, 0.15) is 36.6 Å². The summed E-state index contributed by atoms with van der Waals surface area (Å²) >= 11 is 0. The highest BCUT2D eigenvalue weighted by molar-refractivity contribution is 5.80. The van der Waals surface area contributed by atoms with Crippen LogP contribution >= 0.6 is 0 Å². The van der Waals surface area contributed by atoms with Crippen LogP contribution in [-0.2, 0) is 14.3 Å². The van der Waals surface area contributed by atoms with E-state index >= 15 is 0 Å². The van der Waals surface area contributed by atoms with Gasteiger partial charge in [-0.05, 0) is 38.5 Å². The van der Waals surface area contributed by atoms with Crippen molar-refractivity contribution in [1.29, 1.82) is 0 Å². The summed E-state index contributed by atoms with van der Waals surface area (Å²) in [5.74, 6) is -0.700. The van der Waals surface area contributed by atoms with E-state index in [1.807, 2.05) is 0 Å². The van der Waals surface area contributed by atoms with Crippen LogP contribution in [0.5, 0.6) is 0 Å². The number of aliphatic hydroxyl groups is 7. The topological polar surface area (TPSA) is 189 Å². The molecule has 0 aromatic heterocycles. The Morgan fingerprint density at radius 1 is 0.479 bits per heavy atom. The summed E-state index contributed by atoms with van der Waals surface area (Å²) in [5.41, 5.74) is 0. The molecule has 1 saturated heterocycles. The van der Waals surface area contributed by atoms with Crippen LogP contribution in [0.15, 0.2) is 12.2 Å². The van der Waals surface area contributed by atoms with Crippen LogP contribution in [0.2, 0.25) is 0 Å². The number of allylic oxidation sites excluding steroid dienone is 2. The van der Waals surface area contributed by atoms with Gasteiger partial charge in [0.2, 0.25) is 5.91 Å². The van der Waals surface area contributed by atoms with Gasteiger partial charge in [0.15, 0.2) is 6.29 Å². The molecule has 1 amide bonds. The summed E-state index contributed by atoms with van der Waals surface area (Å²) in [4.78, 5) is 13.2. The van der Waals surface area contributed by atoms with Crippen LogP contribution < -0.4 is 5.32 Å². The van der Waals surface area contributed by atoms with Crippen molar-refractivity contribution in [2.45, 2.75) is 351 Å². The predicted octanol–water partition coefficient (Wildman–Crippen LogP) is 13.1. The summed E-state index contributed by atoms with van der Waals surface area (Å²) < 4.78 is 11.1. The lowest BCUT2D eigenvalue weighted by Gasteiger charge is -2.40. The highest BCUT2D eigenvalue weighted by Gasteiger charge is 2.44. The average Bonchev–Trinajstić information content (AvgIpc) is 3.37. The van der Waals surface area contributed by atoms with Crippen molar-refractivity contribution in [2.24, 2.45) is 0 Å². The number of nitrogens with one attached hydrogen (secondary N) is 1. The van der Waals surface area contributed by atoms with Crippen molar-refractivity contribution in [3.05, 3.63) is 12.2 Å². The van der Waals surface area contributed by atoms with Gasteiger partial charge in [0, 0.05) is 0 Å². The van der Waals surface area contributed by atoms with E-state index in [9.17, 15) is 40.5 Å². The van der Waals surface area contributed by atoms with Crippen LogP contribution in [0, 0.1) is 0 Å². The van der Waals surface area contributed by atoms with Gasteiger partial charge >= 0.3 is 0 Å². The van der Waals surface area contributed by atoms with E-state index in [0.29, 0.717) is 12.8 Å². The Bertz CT molecular complexity index is 1160. The number of carbonyl (C=O) groups is 1. The quantitative estimate of drug-likeness (QED) is 0.0215. The first-order chi connectivity index (χ1) is 34.7. The van der Waals surface area contributed by atoms with E-state index in [4.69, 9.17) is 9.47 Å². The summed E-state index contributed by atoms with van der Waals surface area (Å²) in [6.45, 7) is 3.48. The fourth-order valence-electron chi connectivity index (χ4n) is 10.1. The highest BCUT2D eigenvalue weighted by Crippen LogP contribution is 2.24. The molecule has 1 heterocycles. The molecule has 1 rings (SSSR count). The molecule has 1 fully saturated rings. The molecule has 0 aromatic carbocycles. The zero-order valence-corrected chi connectivity index (χ0v) is 46.2. The fourth-order valence-corrected chi connectivity index (χ4v) is 10.1. The molecule has 0 aromatic rings. The number of hydrogen-bond acceptors (Lipinski definition) is 10. The minimum absolute atomic E-state index is 0.260. The Balaban J connectivity index is 2.28. The Labute approximate surface area is 436 Å². The van der Waals surface area contributed by atoms with Crippen molar-refractivity contribution in [3.8, 4) is 0 Å². The monoisotopic (exact) mass is 1010 g/mol. The third kappa shape index (κ3) is 38.1. The van der Waals surface area contributed by atoms with E-state index in [0.717, 1.165) is 38.5 Å². The molecule has 422 valence electrons. The first kappa shape index (κ1) is 67.9. The lowest BCUT2D eigenvalue weighted by molar-refractivity contribution is -0.303. The molecule has 8 N–H and O–H groups in total. The second kappa shape index (κ2) is 49.7. The van der Waals surface area contributed by atoms with Crippen molar-refractivity contribution >= 4 is 5.91 Å². The van der Waals surface area contributed by atoms with E-state index in [1.54, 1.807) is 0 Å². The minimum Gasteiger partial charge on any atom is -0.394 e. The molecule has 11 nitrogen and oxygen atoms in total. The molecule has 0 aliphatic carbocycles. The Morgan fingerprint density at radius 2 is 0.831 bits per heavy atom. The van der Waals surface area contributed by atoms with Crippen molar-refractivity contribution < 1.29 is 50.0 Å². The summed E-state index contributed by atoms with van der Waals surface area (Å²) in [7, 11) is 0. The van der Waals surface area contributed by atoms with Gasteiger partial charge in [-0.1, -0.05) is 270 Å². The number of carbonyl (C=O) groups excluding carboxylic acids is 1. The van der Waals surface area contributed by atoms with Gasteiger partial charge in [0.25, 0.3) is 0 Å². The molecule has 71 heavy (non-hydrogen) atoms. The molecule has 0 bridgehead atoms. The molecular weight excluding hydrogens is 895 g/mol. The molecule has 9 atom stereocenters. The van der Waals surface area contributed by atoms with Gasteiger partial charge in [-0.25, -0.2) is 0 Å². The number of amides is 1. The summed E-state index contributed by atoms with van der Waals surface area (Å²) in [6, 6.07) is -1.18. The molecule has 0 saturated carbocycles. The zero-order valence-electron chi connectivity index (χ0n) is 46.2. The minimum atomic E-state index is -1.67. The largest absolute Gasteiger partial charge is 0.394 e. The zero-order chi connectivity index (χ0) is 51.8. The number of rotatable bonds is 53. The van der Waals surface area contributed by atoms with E-state index in [1.165, 1.54) is 218 Å². The van der Waals surface area contributed by atoms with Crippen LogP contribution in [-0.4, -0.2) is 110 Å². The van der Waals surface area contributed by atoms with E-state index < -0.39 is 74.2 Å². The number of ether oxygens (including phenoxy) is 2. The van der Waals surface area contributed by atoms with Crippen molar-refractivity contribution in [2.75, 3.05) is 13.2 Å². The molecule has 1 aliphatic heterocycles. The Kier molecular flexibility index (Phi) is 47.5. The van der Waals surface area contributed by atoms with Crippen LogP contribution in [0.25, 0.3) is 0 Å². The first-order valence-corrected chi connectivity index (χ1v) is 30.6. The summed E-state index contributed by atoms with van der Waals surface area (Å²) in [6.07, 6.45) is 47.0. The predicted molar refractivity (Wildman–Crippen MR) is 293 cm³/mol. The van der Waals surface area contributed by atoms with Gasteiger partial charge in [-0.3, -0.25) is 4.79 Å². The SMILES string of the molecule is CCCCCCCCCCCCCCCC/C=C/CCCC(O)C(O)C(COC1OC(CO)C(O)C(O)C1O)NC(=O)C(O)CCCCCCCCCCCCCCCCCCCCCCCCCCC. The van der Waals surface area contributed by atoms with Crippen LogP contribution in [0.3, 0.4) is 0 Å². The lowest BCUT2D eigenvalue weighted by atomic mass is 9.98. The highest BCUT2D eigenvalue weighted by atomic mass is 16.7. The maximum atomic E-state index is 13.2. The normalized spacial score (nSPS) is 20.2. The fraction of sp³-hybridized carbons (Fsp3) is 0.950. The average molecular weight is 1010 g/mol. The van der Waals surface area contributed by atoms with Crippen molar-refractivity contribution in [1.82, 2.24) is 5.32 Å². The van der Waals surface area contributed by atoms with Crippen LogP contribution in [0.4, 0.5) is 0 Å².